The molecule has 2 aromatic carbocycles. The number of urea groups is 1. The van der Waals surface area contributed by atoms with Gasteiger partial charge in [-0.05, 0) is 29.3 Å². The topological polar surface area (TPSA) is 76.2 Å². The number of imide groups is 1. The van der Waals surface area contributed by atoms with Crippen LogP contribution in [0, 0.1) is 11.6 Å². The summed E-state index contributed by atoms with van der Waals surface area (Å²) < 4.78 is 27.0. The van der Waals surface area contributed by atoms with Crippen LogP contribution in [-0.4, -0.2) is 65.5 Å². The lowest BCUT2D eigenvalue weighted by molar-refractivity contribution is -0.123. The summed E-state index contributed by atoms with van der Waals surface area (Å²) in [5.41, 5.74) is 3.00. The van der Waals surface area contributed by atoms with E-state index >= 15 is 0 Å². The average Bonchev–Trinajstić information content (AvgIpc) is 3.09. The number of carbonyl (C=O) groups is 3. The zero-order chi connectivity index (χ0) is 23.1. The van der Waals surface area contributed by atoms with E-state index in [0.717, 1.165) is 30.3 Å². The number of hydrazine groups is 1. The molecule has 1 N–H and O–H groups in total. The van der Waals surface area contributed by atoms with Crippen molar-refractivity contribution in [2.45, 2.75) is 19.5 Å². The lowest BCUT2D eigenvalue weighted by atomic mass is 10.1. The zero-order valence-electron chi connectivity index (χ0n) is 17.9. The van der Waals surface area contributed by atoms with Crippen molar-refractivity contribution in [3.05, 3.63) is 64.7 Å². The number of anilines is 1. The molecule has 0 saturated carbocycles. The van der Waals surface area contributed by atoms with Crippen molar-refractivity contribution >= 4 is 23.5 Å². The quantitative estimate of drug-likeness (QED) is 0.764. The van der Waals surface area contributed by atoms with Gasteiger partial charge >= 0.3 is 6.03 Å². The predicted octanol–water partition coefficient (Wildman–Crippen LogP) is 2.10. The van der Waals surface area contributed by atoms with Crippen molar-refractivity contribution in [1.29, 1.82) is 0 Å². The predicted molar refractivity (Wildman–Crippen MR) is 115 cm³/mol. The van der Waals surface area contributed by atoms with Crippen LogP contribution in [0.4, 0.5) is 19.3 Å². The average molecular weight is 455 g/mol. The highest BCUT2D eigenvalue weighted by atomic mass is 19.1. The smallest absolute Gasteiger partial charge is 0.342 e. The molecular weight excluding hydrogens is 432 g/mol. The fourth-order valence-electron chi connectivity index (χ4n) is 4.58. The molecule has 172 valence electrons. The molecule has 0 spiro atoms. The van der Waals surface area contributed by atoms with E-state index in [2.05, 4.69) is 10.2 Å². The lowest BCUT2D eigenvalue weighted by Gasteiger charge is -2.36. The number of nitrogens with one attached hydrogen (secondary N) is 1. The Morgan fingerprint density at radius 3 is 2.27 bits per heavy atom. The molecule has 0 radical (unpaired) electrons. The van der Waals surface area contributed by atoms with Crippen LogP contribution in [0.2, 0.25) is 0 Å². The Hall–Kier alpha value is -3.53. The van der Waals surface area contributed by atoms with Gasteiger partial charge in [0.25, 0.3) is 5.91 Å². The summed E-state index contributed by atoms with van der Waals surface area (Å²) in [7, 11) is 0. The maximum atomic E-state index is 13.5. The van der Waals surface area contributed by atoms with E-state index in [-0.39, 0.29) is 31.3 Å². The summed E-state index contributed by atoms with van der Waals surface area (Å²) in [5, 5.41) is 4.91. The van der Waals surface area contributed by atoms with Crippen LogP contribution in [0.1, 0.15) is 27.9 Å². The summed E-state index contributed by atoms with van der Waals surface area (Å²) in [6.07, 6.45) is 0.158. The molecule has 0 aliphatic carbocycles. The zero-order valence-corrected chi connectivity index (χ0v) is 17.9. The number of piperazine rings is 1. The van der Waals surface area contributed by atoms with Gasteiger partial charge in [-0.2, -0.15) is 0 Å². The number of fused-ring (bicyclic) bond motifs is 1. The summed E-state index contributed by atoms with van der Waals surface area (Å²) in [6.45, 7) is 3.93. The minimum atomic E-state index is -0.581. The third-order valence-corrected chi connectivity index (χ3v) is 6.27. The molecule has 0 bridgehead atoms. The molecule has 10 heteroatoms. The van der Waals surface area contributed by atoms with Crippen LogP contribution in [0.3, 0.4) is 0 Å². The van der Waals surface area contributed by atoms with Crippen molar-refractivity contribution in [3.8, 4) is 0 Å². The first kappa shape index (κ1) is 21.3. The van der Waals surface area contributed by atoms with Gasteiger partial charge in [-0.25, -0.2) is 23.6 Å². The summed E-state index contributed by atoms with van der Waals surface area (Å²) >= 11 is 0. The Bertz CT molecular complexity index is 1110. The fourth-order valence-corrected chi connectivity index (χ4v) is 4.58. The van der Waals surface area contributed by atoms with Gasteiger partial charge in [-0.1, -0.05) is 12.1 Å². The van der Waals surface area contributed by atoms with E-state index in [1.165, 1.54) is 22.2 Å². The van der Waals surface area contributed by atoms with E-state index in [1.807, 2.05) is 17.0 Å². The van der Waals surface area contributed by atoms with Gasteiger partial charge in [0.05, 0.1) is 13.1 Å². The summed E-state index contributed by atoms with van der Waals surface area (Å²) in [4.78, 5) is 40.5. The first-order chi connectivity index (χ1) is 15.9. The minimum Gasteiger partial charge on any atom is -0.369 e. The van der Waals surface area contributed by atoms with E-state index in [4.69, 9.17) is 0 Å². The Morgan fingerprint density at radius 2 is 1.58 bits per heavy atom. The standard InChI is InChI=1S/C23H23F2N5O3/c24-17-10-18(25)12-19(11-17)28-7-5-27(6-8-28)13-15-1-2-20-16(9-15)14-30(22(20)32)29-4-3-21(31)26-23(29)33/h1-2,9-12H,3-8,13-14H2,(H,26,31,33). The van der Waals surface area contributed by atoms with Gasteiger partial charge in [-0.15, -0.1) is 0 Å². The second-order valence-electron chi connectivity index (χ2n) is 8.47. The van der Waals surface area contributed by atoms with E-state index in [9.17, 15) is 23.2 Å². The molecule has 4 amide bonds. The van der Waals surface area contributed by atoms with Crippen LogP contribution in [0.15, 0.2) is 36.4 Å². The summed E-state index contributed by atoms with van der Waals surface area (Å²) in [6, 6.07) is 8.66. The highest BCUT2D eigenvalue weighted by Gasteiger charge is 2.37. The highest BCUT2D eigenvalue weighted by molar-refractivity contribution is 6.01. The monoisotopic (exact) mass is 455 g/mol. The van der Waals surface area contributed by atoms with Gasteiger partial charge in [0.15, 0.2) is 0 Å². The maximum Gasteiger partial charge on any atom is 0.342 e. The number of amides is 4. The maximum absolute atomic E-state index is 13.5. The molecule has 0 aromatic heterocycles. The molecule has 3 aliphatic rings. The Labute approximate surface area is 189 Å². The number of carbonyl (C=O) groups excluding carboxylic acids is 3. The number of nitrogens with zero attached hydrogens (tertiary/aromatic N) is 4. The number of halogens is 2. The van der Waals surface area contributed by atoms with Gasteiger partial charge in [0.2, 0.25) is 5.91 Å². The molecule has 0 unspecified atom stereocenters. The Balaban J connectivity index is 1.21. The first-order valence-corrected chi connectivity index (χ1v) is 10.9. The molecule has 0 atom stereocenters. The lowest BCUT2D eigenvalue weighted by Crippen LogP contribution is -2.56. The normalized spacial score (nSPS) is 19.2. The Kier molecular flexibility index (Phi) is 5.45. The molecule has 33 heavy (non-hydrogen) atoms. The molecular formula is C23H23F2N5O3. The Morgan fingerprint density at radius 1 is 0.848 bits per heavy atom. The molecule has 2 fully saturated rings. The van der Waals surface area contributed by atoms with E-state index in [1.54, 1.807) is 6.07 Å². The SMILES string of the molecule is O=C1CCN(N2Cc3cc(CN4CCN(c5cc(F)cc(F)c5)CC4)ccc3C2=O)C(=O)N1. The van der Waals surface area contributed by atoms with Crippen molar-refractivity contribution < 1.29 is 23.2 Å². The third kappa shape index (κ3) is 4.25. The van der Waals surface area contributed by atoms with Crippen LogP contribution >= 0.6 is 0 Å². The first-order valence-electron chi connectivity index (χ1n) is 10.9. The number of hydrogen-bond donors (Lipinski definition) is 1. The molecule has 2 saturated heterocycles. The second-order valence-corrected chi connectivity index (χ2v) is 8.47. The summed E-state index contributed by atoms with van der Waals surface area (Å²) in [5.74, 6) is -1.76. The number of benzene rings is 2. The van der Waals surface area contributed by atoms with Gasteiger partial charge < -0.3 is 4.90 Å². The second kappa shape index (κ2) is 8.43. The highest BCUT2D eigenvalue weighted by Crippen LogP contribution is 2.27. The van der Waals surface area contributed by atoms with Crippen molar-refractivity contribution in [1.82, 2.24) is 20.2 Å². The molecule has 2 aromatic rings. The van der Waals surface area contributed by atoms with Crippen molar-refractivity contribution in [3.63, 3.8) is 0 Å². The van der Waals surface area contributed by atoms with Gasteiger partial charge in [0, 0.05) is 56.5 Å². The largest absolute Gasteiger partial charge is 0.369 e. The van der Waals surface area contributed by atoms with Crippen LogP contribution in [0.5, 0.6) is 0 Å². The third-order valence-electron chi connectivity index (χ3n) is 6.27. The molecule has 5 rings (SSSR count). The minimum absolute atomic E-state index is 0.158. The van der Waals surface area contributed by atoms with Crippen molar-refractivity contribution in [2.24, 2.45) is 0 Å². The van der Waals surface area contributed by atoms with Crippen LogP contribution in [0.25, 0.3) is 0 Å². The number of hydrogen-bond acceptors (Lipinski definition) is 5. The van der Waals surface area contributed by atoms with Gasteiger partial charge in [0.1, 0.15) is 11.6 Å². The van der Waals surface area contributed by atoms with Crippen LogP contribution < -0.4 is 10.2 Å². The van der Waals surface area contributed by atoms with E-state index < -0.39 is 17.7 Å². The van der Waals surface area contributed by atoms with E-state index in [0.29, 0.717) is 30.9 Å². The van der Waals surface area contributed by atoms with Gasteiger partial charge in [-0.3, -0.25) is 19.8 Å². The molecule has 8 nitrogen and oxygen atoms in total. The fraction of sp³-hybridized carbons (Fsp3) is 0.348. The number of rotatable bonds is 4. The molecule has 3 heterocycles. The van der Waals surface area contributed by atoms with Crippen molar-refractivity contribution in [2.75, 3.05) is 37.6 Å². The molecule has 3 aliphatic heterocycles. The van der Waals surface area contributed by atoms with Crippen LogP contribution in [-0.2, 0) is 17.9 Å².